The molecule has 4 heteroatoms. The molecule has 2 atom stereocenters. The predicted octanol–water partition coefficient (Wildman–Crippen LogP) is 0.380. The number of hydrogen-bond donors (Lipinski definition) is 2. The van der Waals surface area contributed by atoms with Crippen LogP contribution in [0.15, 0.2) is 30.3 Å². The standard InChI is InChI=1S/C13H20N2O2/c14-12(10-15-6-8-17-9-7-15)13(16)11-4-2-1-3-5-11/h1-5,12-13,16H,6-10,14H2/t12-,13+/m1/s1. The van der Waals surface area contributed by atoms with E-state index in [0.717, 1.165) is 31.9 Å². The number of nitrogens with two attached hydrogens (primary N) is 1. The molecule has 1 aromatic rings. The van der Waals surface area contributed by atoms with Gasteiger partial charge in [-0.05, 0) is 5.56 Å². The van der Waals surface area contributed by atoms with Crippen molar-refractivity contribution in [3.8, 4) is 0 Å². The van der Waals surface area contributed by atoms with Gasteiger partial charge in [-0.15, -0.1) is 0 Å². The molecule has 1 aliphatic heterocycles. The molecule has 0 bridgehead atoms. The summed E-state index contributed by atoms with van der Waals surface area (Å²) in [5.74, 6) is 0. The number of nitrogens with zero attached hydrogens (tertiary/aromatic N) is 1. The van der Waals surface area contributed by atoms with E-state index >= 15 is 0 Å². The molecule has 0 amide bonds. The molecule has 0 aliphatic carbocycles. The smallest absolute Gasteiger partial charge is 0.0953 e. The first-order chi connectivity index (χ1) is 8.27. The number of morpholine rings is 1. The van der Waals surface area contributed by atoms with Gasteiger partial charge in [0.05, 0.1) is 19.3 Å². The van der Waals surface area contributed by atoms with Gasteiger partial charge in [0.2, 0.25) is 0 Å². The Kier molecular flexibility index (Phi) is 4.50. The number of aliphatic hydroxyl groups is 1. The summed E-state index contributed by atoms with van der Waals surface area (Å²) >= 11 is 0. The molecule has 0 aromatic heterocycles. The molecule has 2 rings (SSSR count). The Morgan fingerprint density at radius 3 is 2.53 bits per heavy atom. The first-order valence-electron chi connectivity index (χ1n) is 6.06. The lowest BCUT2D eigenvalue weighted by molar-refractivity contribution is 0.0249. The van der Waals surface area contributed by atoms with Crippen LogP contribution in [0.1, 0.15) is 11.7 Å². The quantitative estimate of drug-likeness (QED) is 0.793. The van der Waals surface area contributed by atoms with Gasteiger partial charge in [0, 0.05) is 25.7 Å². The largest absolute Gasteiger partial charge is 0.387 e. The number of ether oxygens (including phenoxy) is 1. The van der Waals surface area contributed by atoms with Crippen molar-refractivity contribution < 1.29 is 9.84 Å². The predicted molar refractivity (Wildman–Crippen MR) is 66.6 cm³/mol. The van der Waals surface area contributed by atoms with E-state index in [2.05, 4.69) is 4.90 Å². The van der Waals surface area contributed by atoms with Crippen molar-refractivity contribution in [2.45, 2.75) is 12.1 Å². The lowest BCUT2D eigenvalue weighted by atomic mass is 10.0. The lowest BCUT2D eigenvalue weighted by Gasteiger charge is -2.30. The van der Waals surface area contributed by atoms with Crippen molar-refractivity contribution in [2.24, 2.45) is 5.73 Å². The van der Waals surface area contributed by atoms with Gasteiger partial charge in [-0.25, -0.2) is 0 Å². The van der Waals surface area contributed by atoms with E-state index in [1.54, 1.807) is 0 Å². The Hall–Kier alpha value is -0.940. The monoisotopic (exact) mass is 236 g/mol. The second-order valence-corrected chi connectivity index (χ2v) is 4.43. The third kappa shape index (κ3) is 3.51. The lowest BCUT2D eigenvalue weighted by Crippen LogP contribution is -2.45. The molecule has 3 N–H and O–H groups in total. The van der Waals surface area contributed by atoms with E-state index in [4.69, 9.17) is 10.5 Å². The first kappa shape index (κ1) is 12.5. The Morgan fingerprint density at radius 1 is 1.24 bits per heavy atom. The molecule has 0 radical (unpaired) electrons. The number of aliphatic hydroxyl groups excluding tert-OH is 1. The molecule has 94 valence electrons. The summed E-state index contributed by atoms with van der Waals surface area (Å²) in [5.41, 5.74) is 6.93. The van der Waals surface area contributed by atoms with Crippen LogP contribution in [0, 0.1) is 0 Å². The van der Waals surface area contributed by atoms with Crippen molar-refractivity contribution in [1.82, 2.24) is 4.90 Å². The van der Waals surface area contributed by atoms with Gasteiger partial charge >= 0.3 is 0 Å². The van der Waals surface area contributed by atoms with Gasteiger partial charge in [0.1, 0.15) is 0 Å². The molecule has 1 heterocycles. The minimum Gasteiger partial charge on any atom is -0.387 e. The van der Waals surface area contributed by atoms with Crippen LogP contribution in [0.4, 0.5) is 0 Å². The van der Waals surface area contributed by atoms with Crippen LogP contribution < -0.4 is 5.73 Å². The molecule has 1 aliphatic rings. The fraction of sp³-hybridized carbons (Fsp3) is 0.538. The summed E-state index contributed by atoms with van der Waals surface area (Å²) in [5, 5.41) is 10.1. The van der Waals surface area contributed by atoms with Crippen LogP contribution in [0.5, 0.6) is 0 Å². The molecule has 0 saturated carbocycles. The fourth-order valence-corrected chi connectivity index (χ4v) is 2.08. The Balaban J connectivity index is 1.88. The fourth-order valence-electron chi connectivity index (χ4n) is 2.08. The van der Waals surface area contributed by atoms with Crippen molar-refractivity contribution in [3.63, 3.8) is 0 Å². The minimum absolute atomic E-state index is 0.254. The Bertz CT molecular complexity index is 325. The zero-order valence-electron chi connectivity index (χ0n) is 9.96. The van der Waals surface area contributed by atoms with Crippen LogP contribution in [-0.2, 0) is 4.74 Å². The molecule has 1 saturated heterocycles. The van der Waals surface area contributed by atoms with Crippen LogP contribution >= 0.6 is 0 Å². The highest BCUT2D eigenvalue weighted by atomic mass is 16.5. The van der Waals surface area contributed by atoms with E-state index in [1.807, 2.05) is 30.3 Å². The zero-order valence-corrected chi connectivity index (χ0v) is 9.96. The zero-order chi connectivity index (χ0) is 12.1. The van der Waals surface area contributed by atoms with Gasteiger partial charge in [-0.2, -0.15) is 0 Å². The first-order valence-corrected chi connectivity index (χ1v) is 6.06. The third-order valence-corrected chi connectivity index (χ3v) is 3.12. The normalized spacial score (nSPS) is 21.1. The Labute approximate surface area is 102 Å². The number of benzene rings is 1. The highest BCUT2D eigenvalue weighted by Crippen LogP contribution is 2.16. The summed E-state index contributed by atoms with van der Waals surface area (Å²) in [4.78, 5) is 2.24. The van der Waals surface area contributed by atoms with Gasteiger partial charge in [0.25, 0.3) is 0 Å². The average molecular weight is 236 g/mol. The molecular weight excluding hydrogens is 216 g/mol. The third-order valence-electron chi connectivity index (χ3n) is 3.12. The summed E-state index contributed by atoms with van der Waals surface area (Å²) in [6.45, 7) is 4.02. The van der Waals surface area contributed by atoms with Crippen molar-refractivity contribution >= 4 is 0 Å². The van der Waals surface area contributed by atoms with Crippen molar-refractivity contribution in [1.29, 1.82) is 0 Å². The second-order valence-electron chi connectivity index (χ2n) is 4.43. The maximum atomic E-state index is 10.1. The summed E-state index contributed by atoms with van der Waals surface area (Å²) in [6, 6.07) is 9.33. The summed E-state index contributed by atoms with van der Waals surface area (Å²) in [6.07, 6.45) is -0.598. The highest BCUT2D eigenvalue weighted by molar-refractivity contribution is 5.18. The maximum absolute atomic E-state index is 10.1. The molecular formula is C13H20N2O2. The van der Waals surface area contributed by atoms with Gasteiger partial charge < -0.3 is 15.6 Å². The highest BCUT2D eigenvalue weighted by Gasteiger charge is 2.20. The second kappa shape index (κ2) is 6.12. The van der Waals surface area contributed by atoms with E-state index in [9.17, 15) is 5.11 Å². The maximum Gasteiger partial charge on any atom is 0.0953 e. The topological polar surface area (TPSA) is 58.7 Å². The van der Waals surface area contributed by atoms with Crippen LogP contribution in [0.2, 0.25) is 0 Å². The van der Waals surface area contributed by atoms with E-state index < -0.39 is 6.10 Å². The van der Waals surface area contributed by atoms with Crippen molar-refractivity contribution in [3.05, 3.63) is 35.9 Å². The molecule has 17 heavy (non-hydrogen) atoms. The van der Waals surface area contributed by atoms with Gasteiger partial charge in [-0.1, -0.05) is 30.3 Å². The minimum atomic E-state index is -0.598. The number of hydrogen-bond acceptors (Lipinski definition) is 4. The van der Waals surface area contributed by atoms with E-state index in [-0.39, 0.29) is 6.04 Å². The molecule has 0 unspecified atom stereocenters. The van der Waals surface area contributed by atoms with Crippen LogP contribution in [0.25, 0.3) is 0 Å². The van der Waals surface area contributed by atoms with E-state index in [1.165, 1.54) is 0 Å². The molecule has 1 fully saturated rings. The van der Waals surface area contributed by atoms with Crippen molar-refractivity contribution in [2.75, 3.05) is 32.8 Å². The van der Waals surface area contributed by atoms with E-state index in [0.29, 0.717) is 6.54 Å². The molecule has 0 spiro atoms. The Morgan fingerprint density at radius 2 is 1.88 bits per heavy atom. The van der Waals surface area contributed by atoms with Gasteiger partial charge in [-0.3, -0.25) is 4.90 Å². The summed E-state index contributed by atoms with van der Waals surface area (Å²) < 4.78 is 5.28. The average Bonchev–Trinajstić information content (AvgIpc) is 2.40. The van der Waals surface area contributed by atoms with Gasteiger partial charge in [0.15, 0.2) is 0 Å². The number of rotatable bonds is 4. The molecule has 4 nitrogen and oxygen atoms in total. The SMILES string of the molecule is N[C@H](CN1CCOCC1)[C@@H](O)c1ccccc1. The van der Waals surface area contributed by atoms with Crippen LogP contribution in [-0.4, -0.2) is 48.9 Å². The van der Waals surface area contributed by atoms with Crippen LogP contribution in [0.3, 0.4) is 0 Å². The summed E-state index contributed by atoms with van der Waals surface area (Å²) in [7, 11) is 0. The molecule has 1 aromatic carbocycles.